The summed E-state index contributed by atoms with van der Waals surface area (Å²) in [4.78, 5) is 12.7. The number of hydrogen-bond acceptors (Lipinski definition) is 4. The number of carbonyl (C=O) groups excluding carboxylic acids is 1. The van der Waals surface area contributed by atoms with Crippen molar-refractivity contribution in [2.75, 3.05) is 5.32 Å². The van der Waals surface area contributed by atoms with Gasteiger partial charge in [-0.3, -0.25) is 9.48 Å². The summed E-state index contributed by atoms with van der Waals surface area (Å²) >= 11 is 5.91. The molecule has 0 atom stereocenters. The van der Waals surface area contributed by atoms with E-state index in [0.717, 1.165) is 11.1 Å². The molecule has 0 radical (unpaired) electrons. The molecule has 0 unspecified atom stereocenters. The van der Waals surface area contributed by atoms with Crippen molar-refractivity contribution >= 4 is 23.2 Å². The lowest BCUT2D eigenvalue weighted by molar-refractivity contribution is 0.101. The number of anilines is 1. The van der Waals surface area contributed by atoms with Crippen molar-refractivity contribution in [3.63, 3.8) is 0 Å². The molecule has 0 bridgehead atoms. The highest BCUT2D eigenvalue weighted by Crippen LogP contribution is 2.22. The maximum atomic E-state index is 12.7. The molecule has 1 N–H and O–H groups in total. The third-order valence-corrected chi connectivity index (χ3v) is 4.57. The van der Waals surface area contributed by atoms with Gasteiger partial charge in [0.2, 0.25) is 0 Å². The molecule has 1 amide bonds. The molecule has 0 aliphatic heterocycles. The Bertz CT molecular complexity index is 1100. The summed E-state index contributed by atoms with van der Waals surface area (Å²) in [6, 6.07) is 17.7. The summed E-state index contributed by atoms with van der Waals surface area (Å²) in [7, 11) is 0. The fraction of sp³-hybridized carbons (Fsp3) is 0.0952. The fourth-order valence-corrected chi connectivity index (χ4v) is 3.07. The first-order chi connectivity index (χ1) is 13.6. The largest absolute Gasteiger partial charge is 0.361 e. The fourth-order valence-electron chi connectivity index (χ4n) is 2.91. The van der Waals surface area contributed by atoms with Crippen molar-refractivity contribution in [1.29, 1.82) is 0 Å². The van der Waals surface area contributed by atoms with E-state index in [9.17, 15) is 4.79 Å². The maximum Gasteiger partial charge on any atom is 0.278 e. The van der Waals surface area contributed by atoms with Gasteiger partial charge in [0.25, 0.3) is 5.91 Å². The Morgan fingerprint density at radius 3 is 2.50 bits per heavy atom. The van der Waals surface area contributed by atoms with Crippen LogP contribution >= 0.6 is 11.6 Å². The van der Waals surface area contributed by atoms with E-state index in [-0.39, 0.29) is 11.6 Å². The Kier molecular flexibility index (Phi) is 4.95. The van der Waals surface area contributed by atoms with Crippen LogP contribution in [0.15, 0.2) is 71.5 Å². The first-order valence-corrected chi connectivity index (χ1v) is 9.08. The number of rotatable bonds is 5. The highest BCUT2D eigenvalue weighted by atomic mass is 35.5. The van der Waals surface area contributed by atoms with Gasteiger partial charge in [-0.25, -0.2) is 0 Å². The number of amides is 1. The molecule has 0 aliphatic rings. The molecule has 2 heterocycles. The second-order valence-corrected chi connectivity index (χ2v) is 6.76. The highest BCUT2D eigenvalue weighted by Gasteiger charge is 2.20. The summed E-state index contributed by atoms with van der Waals surface area (Å²) in [5, 5.41) is 11.4. The van der Waals surface area contributed by atoms with E-state index in [0.29, 0.717) is 28.6 Å². The second kappa shape index (κ2) is 7.70. The number of nitrogens with one attached hydrogen (secondary N) is 1. The molecule has 0 aliphatic carbocycles. The van der Waals surface area contributed by atoms with Gasteiger partial charge in [0, 0.05) is 17.4 Å². The summed E-state index contributed by atoms with van der Waals surface area (Å²) in [6.07, 6.45) is 3.22. The van der Waals surface area contributed by atoms with Crippen molar-refractivity contribution in [1.82, 2.24) is 14.9 Å². The molecule has 2 aromatic carbocycles. The Morgan fingerprint density at radius 1 is 1.11 bits per heavy atom. The molecule has 140 valence electrons. The van der Waals surface area contributed by atoms with Crippen LogP contribution in [0.3, 0.4) is 0 Å². The molecule has 4 aromatic rings. The van der Waals surface area contributed by atoms with E-state index >= 15 is 0 Å². The minimum Gasteiger partial charge on any atom is -0.361 e. The van der Waals surface area contributed by atoms with Gasteiger partial charge in [0.1, 0.15) is 5.76 Å². The van der Waals surface area contributed by atoms with Crippen molar-refractivity contribution in [3.8, 4) is 11.1 Å². The summed E-state index contributed by atoms with van der Waals surface area (Å²) in [5.74, 6) is 0.230. The van der Waals surface area contributed by atoms with Crippen LogP contribution in [0, 0.1) is 6.92 Å². The van der Waals surface area contributed by atoms with E-state index in [1.165, 1.54) is 0 Å². The Labute approximate surface area is 166 Å². The molecule has 6 nitrogen and oxygen atoms in total. The van der Waals surface area contributed by atoms with E-state index < -0.39 is 0 Å². The molecule has 0 fully saturated rings. The quantitative estimate of drug-likeness (QED) is 0.529. The SMILES string of the molecule is Cc1onc(C(=O)Nc2ccc(-c3ccccc3)cc2)c1Cn1cc(Cl)cn1. The Morgan fingerprint density at radius 2 is 1.82 bits per heavy atom. The van der Waals surface area contributed by atoms with Crippen LogP contribution in [0.4, 0.5) is 5.69 Å². The number of nitrogens with zero attached hydrogens (tertiary/aromatic N) is 3. The summed E-state index contributed by atoms with van der Waals surface area (Å²) < 4.78 is 6.86. The molecule has 28 heavy (non-hydrogen) atoms. The van der Waals surface area contributed by atoms with Crippen LogP contribution in [0.25, 0.3) is 11.1 Å². The topological polar surface area (TPSA) is 73.0 Å². The lowest BCUT2D eigenvalue weighted by atomic mass is 10.1. The number of carbonyl (C=O) groups is 1. The molecule has 0 saturated heterocycles. The van der Waals surface area contributed by atoms with Crippen LogP contribution in [0.5, 0.6) is 0 Å². The maximum absolute atomic E-state index is 12.7. The van der Waals surface area contributed by atoms with E-state index in [1.54, 1.807) is 24.0 Å². The average molecular weight is 393 g/mol. The predicted octanol–water partition coefficient (Wildman–Crippen LogP) is 4.80. The average Bonchev–Trinajstić information content (AvgIpc) is 3.29. The van der Waals surface area contributed by atoms with Crippen LogP contribution in [0.1, 0.15) is 21.8 Å². The zero-order chi connectivity index (χ0) is 19.5. The standard InChI is InChI=1S/C21H17ClN4O2/c1-14-19(13-26-12-17(22)11-23-26)20(25-28-14)21(27)24-18-9-7-16(8-10-18)15-5-3-2-4-6-15/h2-12H,13H2,1H3,(H,24,27). The number of hydrogen-bond donors (Lipinski definition) is 1. The molecule has 0 spiro atoms. The Hall–Kier alpha value is -3.38. The lowest BCUT2D eigenvalue weighted by Gasteiger charge is -2.07. The van der Waals surface area contributed by atoms with E-state index in [1.807, 2.05) is 54.6 Å². The van der Waals surface area contributed by atoms with Crippen LogP contribution < -0.4 is 5.32 Å². The predicted molar refractivity (Wildman–Crippen MR) is 107 cm³/mol. The summed E-state index contributed by atoms with van der Waals surface area (Å²) in [6.45, 7) is 2.11. The van der Waals surface area contributed by atoms with Crippen molar-refractivity contribution in [3.05, 3.63) is 89.0 Å². The van der Waals surface area contributed by atoms with Gasteiger partial charge in [0.05, 0.1) is 17.8 Å². The van der Waals surface area contributed by atoms with E-state index in [2.05, 4.69) is 15.6 Å². The molecule has 0 saturated carbocycles. The highest BCUT2D eigenvalue weighted by molar-refractivity contribution is 6.30. The molecule has 7 heteroatoms. The number of aromatic nitrogens is 3. The zero-order valence-corrected chi connectivity index (χ0v) is 15.8. The van der Waals surface area contributed by atoms with E-state index in [4.69, 9.17) is 16.1 Å². The molecule has 4 rings (SSSR count). The van der Waals surface area contributed by atoms with Gasteiger partial charge in [-0.05, 0) is 30.2 Å². The van der Waals surface area contributed by atoms with Crippen molar-refractivity contribution < 1.29 is 9.32 Å². The van der Waals surface area contributed by atoms with Crippen molar-refractivity contribution in [2.24, 2.45) is 0 Å². The first kappa shape index (κ1) is 18.0. The van der Waals surface area contributed by atoms with Crippen LogP contribution in [0.2, 0.25) is 5.02 Å². The zero-order valence-electron chi connectivity index (χ0n) is 15.1. The second-order valence-electron chi connectivity index (χ2n) is 6.32. The van der Waals surface area contributed by atoms with Crippen LogP contribution in [-0.4, -0.2) is 20.8 Å². The van der Waals surface area contributed by atoms with Gasteiger partial charge in [-0.1, -0.05) is 59.2 Å². The number of aryl methyl sites for hydroxylation is 1. The minimum absolute atomic E-state index is 0.233. The van der Waals surface area contributed by atoms with Gasteiger partial charge < -0.3 is 9.84 Å². The number of benzene rings is 2. The van der Waals surface area contributed by atoms with Gasteiger partial charge in [-0.15, -0.1) is 0 Å². The third-order valence-electron chi connectivity index (χ3n) is 4.37. The smallest absolute Gasteiger partial charge is 0.278 e. The van der Waals surface area contributed by atoms with Crippen molar-refractivity contribution in [2.45, 2.75) is 13.5 Å². The summed E-state index contributed by atoms with van der Waals surface area (Å²) in [5.41, 5.74) is 3.77. The van der Waals surface area contributed by atoms with Gasteiger partial charge >= 0.3 is 0 Å². The lowest BCUT2D eigenvalue weighted by Crippen LogP contribution is -2.16. The first-order valence-electron chi connectivity index (χ1n) is 8.70. The molecule has 2 aromatic heterocycles. The van der Waals surface area contributed by atoms with Gasteiger partial charge in [-0.2, -0.15) is 5.10 Å². The third kappa shape index (κ3) is 3.82. The molecular weight excluding hydrogens is 376 g/mol. The minimum atomic E-state index is -0.336. The Balaban J connectivity index is 1.51. The van der Waals surface area contributed by atoms with Gasteiger partial charge in [0.15, 0.2) is 5.69 Å². The molecular formula is C21H17ClN4O2. The normalized spacial score (nSPS) is 10.8. The van der Waals surface area contributed by atoms with Crippen LogP contribution in [-0.2, 0) is 6.54 Å². The monoisotopic (exact) mass is 392 g/mol. The number of halogens is 1.